The lowest BCUT2D eigenvalue weighted by atomic mass is 9.95. The van der Waals surface area contributed by atoms with Gasteiger partial charge >= 0.3 is 12.1 Å². The first-order valence-electron chi connectivity index (χ1n) is 9.70. The van der Waals surface area contributed by atoms with Crippen molar-refractivity contribution in [1.29, 1.82) is 0 Å². The number of benzene rings is 1. The molecule has 1 aliphatic rings. The fraction of sp³-hybridized carbons (Fsp3) is 0.619. The van der Waals surface area contributed by atoms with Crippen molar-refractivity contribution in [2.24, 2.45) is 0 Å². The summed E-state index contributed by atoms with van der Waals surface area (Å²) in [5, 5.41) is 2.49. The first-order chi connectivity index (χ1) is 13.3. The quantitative estimate of drug-likeness (QED) is 0.706. The van der Waals surface area contributed by atoms with Crippen LogP contribution in [0.5, 0.6) is 0 Å². The molecule has 0 bridgehead atoms. The molecule has 1 fully saturated rings. The van der Waals surface area contributed by atoms with Gasteiger partial charge < -0.3 is 19.5 Å². The summed E-state index contributed by atoms with van der Waals surface area (Å²) in [6.07, 6.45) is 2.00. The fourth-order valence-electron chi connectivity index (χ4n) is 2.96. The third-order valence-electron chi connectivity index (χ3n) is 4.34. The van der Waals surface area contributed by atoms with Crippen molar-refractivity contribution in [3.63, 3.8) is 0 Å². The average Bonchev–Trinajstić information content (AvgIpc) is 2.65. The Balaban J connectivity index is 1.68. The van der Waals surface area contributed by atoms with Crippen molar-refractivity contribution >= 4 is 12.1 Å². The zero-order chi connectivity index (χ0) is 20.6. The van der Waals surface area contributed by atoms with Gasteiger partial charge in [-0.2, -0.15) is 0 Å². The molecule has 1 aliphatic carbocycles. The number of hydrogen-bond donors (Lipinski definition) is 1. The number of carbonyl (C=O) groups is 2. The number of hydrogen-bond acceptors (Lipinski definition) is 5. The van der Waals surface area contributed by atoms with Gasteiger partial charge in [-0.3, -0.25) is 0 Å². The van der Waals surface area contributed by atoms with Crippen LogP contribution in [-0.4, -0.2) is 49.2 Å². The number of carbonyl (C=O) groups excluding carboxylic acids is 2. The molecule has 2 rings (SSSR count). The van der Waals surface area contributed by atoms with Crippen LogP contribution in [0.2, 0.25) is 0 Å². The number of alkyl halides is 1. The van der Waals surface area contributed by atoms with E-state index in [1.54, 1.807) is 45.0 Å². The lowest BCUT2D eigenvalue weighted by molar-refractivity contribution is -0.0270. The van der Waals surface area contributed by atoms with Crippen LogP contribution >= 0.6 is 0 Å². The van der Waals surface area contributed by atoms with E-state index in [9.17, 15) is 14.0 Å². The molecule has 0 unspecified atom stereocenters. The molecule has 0 aliphatic heterocycles. The third kappa shape index (κ3) is 7.84. The molecular weight excluding hydrogens is 365 g/mol. The highest BCUT2D eigenvalue weighted by molar-refractivity contribution is 5.89. The Morgan fingerprint density at radius 3 is 2.29 bits per heavy atom. The number of esters is 1. The van der Waals surface area contributed by atoms with Gasteiger partial charge in [0.15, 0.2) is 0 Å². The van der Waals surface area contributed by atoms with E-state index in [1.807, 2.05) is 6.07 Å². The van der Waals surface area contributed by atoms with E-state index in [4.69, 9.17) is 14.2 Å². The van der Waals surface area contributed by atoms with Crippen LogP contribution in [0.15, 0.2) is 30.3 Å². The summed E-state index contributed by atoms with van der Waals surface area (Å²) in [5.74, 6) is -0.316. The minimum absolute atomic E-state index is 0.0406. The topological polar surface area (TPSA) is 73.9 Å². The molecule has 7 heteroatoms. The Morgan fingerprint density at radius 2 is 1.71 bits per heavy atom. The van der Waals surface area contributed by atoms with E-state index in [1.165, 1.54) is 0 Å². The predicted molar refractivity (Wildman–Crippen MR) is 103 cm³/mol. The van der Waals surface area contributed by atoms with Crippen LogP contribution in [0.3, 0.4) is 0 Å². The molecule has 1 saturated carbocycles. The van der Waals surface area contributed by atoms with E-state index in [-0.39, 0.29) is 24.8 Å². The van der Waals surface area contributed by atoms with Gasteiger partial charge in [0.2, 0.25) is 0 Å². The smallest absolute Gasteiger partial charge is 0.408 e. The van der Waals surface area contributed by atoms with Gasteiger partial charge in [-0.15, -0.1) is 0 Å². The highest BCUT2D eigenvalue weighted by atomic mass is 19.1. The molecule has 1 N–H and O–H groups in total. The largest absolute Gasteiger partial charge is 0.459 e. The van der Waals surface area contributed by atoms with Crippen molar-refractivity contribution in [2.45, 2.75) is 70.3 Å². The van der Waals surface area contributed by atoms with Crippen LogP contribution in [0, 0.1) is 0 Å². The molecule has 1 atom stereocenters. The summed E-state index contributed by atoms with van der Waals surface area (Å²) in [6.45, 7) is 4.59. The van der Waals surface area contributed by atoms with Crippen molar-refractivity contribution in [3.8, 4) is 0 Å². The SMILES string of the molecule is CC(C)(C)OC(=O)N[C@@H](CF)CO[C@H]1CC[C@H](OC(=O)c2ccccc2)CC1. The zero-order valence-electron chi connectivity index (χ0n) is 16.8. The molecule has 1 aromatic carbocycles. The van der Waals surface area contributed by atoms with E-state index in [0.717, 1.165) is 12.8 Å². The van der Waals surface area contributed by atoms with E-state index in [0.29, 0.717) is 18.4 Å². The Bertz CT molecular complexity index is 623. The summed E-state index contributed by atoms with van der Waals surface area (Å²) in [4.78, 5) is 23.8. The summed E-state index contributed by atoms with van der Waals surface area (Å²) in [6, 6.07) is 8.16. The Labute approximate surface area is 165 Å². The number of halogens is 1. The van der Waals surface area contributed by atoms with Gasteiger partial charge in [0.1, 0.15) is 18.4 Å². The molecular formula is C21H30FNO5. The zero-order valence-corrected chi connectivity index (χ0v) is 16.8. The molecule has 156 valence electrons. The minimum Gasteiger partial charge on any atom is -0.459 e. The van der Waals surface area contributed by atoms with Crippen LogP contribution < -0.4 is 5.32 Å². The van der Waals surface area contributed by atoms with Gasteiger partial charge in [0.25, 0.3) is 0 Å². The van der Waals surface area contributed by atoms with Crippen molar-refractivity contribution in [3.05, 3.63) is 35.9 Å². The maximum Gasteiger partial charge on any atom is 0.408 e. The molecule has 1 amide bonds. The molecule has 0 radical (unpaired) electrons. The lowest BCUT2D eigenvalue weighted by Gasteiger charge is -2.29. The number of amides is 1. The number of alkyl carbamates (subject to hydrolysis) is 1. The predicted octanol–water partition coefficient (Wildman–Crippen LogP) is 4.03. The normalized spacial score (nSPS) is 20.9. The minimum atomic E-state index is -0.747. The van der Waals surface area contributed by atoms with Gasteiger partial charge in [-0.25, -0.2) is 14.0 Å². The van der Waals surface area contributed by atoms with Crippen molar-refractivity contribution in [1.82, 2.24) is 5.32 Å². The summed E-state index contributed by atoms with van der Waals surface area (Å²) < 4.78 is 29.6. The van der Waals surface area contributed by atoms with Gasteiger partial charge in [0, 0.05) is 0 Å². The standard InChI is InChI=1S/C21H30FNO5/c1-21(2,3)28-20(25)23-16(13-22)14-26-17-9-11-18(12-10-17)27-19(24)15-7-5-4-6-8-15/h4-8,16-18H,9-14H2,1-3H3,(H,23,25)/t16-,17-,18-/m0/s1. The second-order valence-electron chi connectivity index (χ2n) is 8.00. The fourth-order valence-corrected chi connectivity index (χ4v) is 2.96. The number of ether oxygens (including phenoxy) is 3. The van der Waals surface area contributed by atoms with Crippen LogP contribution in [0.25, 0.3) is 0 Å². The van der Waals surface area contributed by atoms with Crippen LogP contribution in [0.1, 0.15) is 56.8 Å². The summed E-state index contributed by atoms with van der Waals surface area (Å²) in [7, 11) is 0. The highest BCUT2D eigenvalue weighted by Crippen LogP contribution is 2.24. The summed E-state index contributed by atoms with van der Waals surface area (Å²) in [5.41, 5.74) is -0.0960. The second kappa shape index (κ2) is 10.4. The van der Waals surface area contributed by atoms with Gasteiger partial charge in [-0.05, 0) is 58.6 Å². The monoisotopic (exact) mass is 395 g/mol. The first kappa shape index (κ1) is 22.1. The molecule has 0 spiro atoms. The van der Waals surface area contributed by atoms with Gasteiger partial charge in [-0.1, -0.05) is 18.2 Å². The lowest BCUT2D eigenvalue weighted by Crippen LogP contribution is -2.43. The van der Waals surface area contributed by atoms with E-state index >= 15 is 0 Å². The Morgan fingerprint density at radius 1 is 1.11 bits per heavy atom. The highest BCUT2D eigenvalue weighted by Gasteiger charge is 2.26. The van der Waals surface area contributed by atoms with Gasteiger partial charge in [0.05, 0.1) is 24.3 Å². The Kier molecular flexibility index (Phi) is 8.23. The summed E-state index contributed by atoms with van der Waals surface area (Å²) >= 11 is 0. The maximum atomic E-state index is 13.2. The molecule has 0 aromatic heterocycles. The third-order valence-corrected chi connectivity index (χ3v) is 4.34. The van der Waals surface area contributed by atoms with Crippen LogP contribution in [0.4, 0.5) is 9.18 Å². The first-order valence-corrected chi connectivity index (χ1v) is 9.70. The average molecular weight is 395 g/mol. The van der Waals surface area contributed by atoms with E-state index < -0.39 is 24.4 Å². The van der Waals surface area contributed by atoms with Crippen molar-refractivity contribution in [2.75, 3.05) is 13.3 Å². The van der Waals surface area contributed by atoms with E-state index in [2.05, 4.69) is 5.32 Å². The van der Waals surface area contributed by atoms with Crippen molar-refractivity contribution < 1.29 is 28.2 Å². The maximum absolute atomic E-state index is 13.2. The molecule has 0 saturated heterocycles. The molecule has 28 heavy (non-hydrogen) atoms. The number of rotatable bonds is 7. The molecule has 1 aromatic rings. The number of nitrogens with one attached hydrogen (secondary N) is 1. The molecule has 0 heterocycles. The Hall–Kier alpha value is -2.15. The molecule has 6 nitrogen and oxygen atoms in total. The second-order valence-corrected chi connectivity index (χ2v) is 8.00. The van der Waals surface area contributed by atoms with Crippen LogP contribution in [-0.2, 0) is 14.2 Å².